The number of hydrogen-bond acceptors (Lipinski definition) is 4. The Hall–Kier alpha value is -1.73. The second-order valence-corrected chi connectivity index (χ2v) is 8.18. The lowest BCUT2D eigenvalue weighted by Gasteiger charge is -2.09. The van der Waals surface area contributed by atoms with Gasteiger partial charge in [-0.25, -0.2) is 4.21 Å². The van der Waals surface area contributed by atoms with Crippen LogP contribution >= 0.6 is 0 Å². The van der Waals surface area contributed by atoms with E-state index < -0.39 is 15.6 Å². The van der Waals surface area contributed by atoms with Crippen molar-refractivity contribution in [1.82, 2.24) is 0 Å². The molecule has 2 rings (SSSR count). The van der Waals surface area contributed by atoms with Gasteiger partial charge < -0.3 is 10.1 Å². The second kappa shape index (κ2) is 7.02. The number of rotatable bonds is 6. The minimum Gasteiger partial charge on any atom is -0.371 e. The quantitative estimate of drug-likeness (QED) is 0.866. The minimum absolute atomic E-state index is 0.0472. The molecule has 7 heteroatoms. The van der Waals surface area contributed by atoms with Crippen molar-refractivity contribution >= 4 is 27.2 Å². The van der Waals surface area contributed by atoms with Crippen molar-refractivity contribution in [3.63, 3.8) is 0 Å². The van der Waals surface area contributed by atoms with E-state index in [1.54, 1.807) is 18.2 Å². The number of nitrogens with zero attached hydrogens (tertiary/aromatic N) is 1. The highest BCUT2D eigenvalue weighted by Crippen LogP contribution is 2.28. The number of benzene rings is 1. The van der Waals surface area contributed by atoms with Crippen LogP contribution < -0.4 is 5.32 Å². The largest absolute Gasteiger partial charge is 0.371 e. The van der Waals surface area contributed by atoms with E-state index in [4.69, 9.17) is 4.74 Å². The Morgan fingerprint density at radius 2 is 2.00 bits per heavy atom. The van der Waals surface area contributed by atoms with Crippen molar-refractivity contribution in [2.45, 2.75) is 12.8 Å². The van der Waals surface area contributed by atoms with Crippen LogP contribution in [0.1, 0.15) is 23.2 Å². The zero-order chi connectivity index (χ0) is 16.2. The molecule has 22 heavy (non-hydrogen) atoms. The van der Waals surface area contributed by atoms with Crippen molar-refractivity contribution in [1.29, 1.82) is 0 Å². The molecular formula is C15H20N2O4S. The maximum atomic E-state index is 12.0. The average Bonchev–Trinajstić information content (AvgIpc) is 3.21. The van der Waals surface area contributed by atoms with Crippen molar-refractivity contribution < 1.29 is 18.5 Å². The summed E-state index contributed by atoms with van der Waals surface area (Å²) >= 11 is 0. The predicted molar refractivity (Wildman–Crippen MR) is 85.4 cm³/mol. The molecule has 1 aromatic rings. The SMILES string of the molecule is CS(C)(=O)=NC(=O)c1ccccc1NC(=O)COCC1CC1. The van der Waals surface area contributed by atoms with Gasteiger partial charge in [-0.05, 0) is 30.9 Å². The zero-order valence-corrected chi connectivity index (χ0v) is 13.5. The fraction of sp³-hybridized carbons (Fsp3) is 0.467. The summed E-state index contributed by atoms with van der Waals surface area (Å²) in [4.78, 5) is 23.9. The van der Waals surface area contributed by atoms with E-state index in [0.29, 0.717) is 18.2 Å². The van der Waals surface area contributed by atoms with Gasteiger partial charge in [0.1, 0.15) is 6.61 Å². The summed E-state index contributed by atoms with van der Waals surface area (Å²) in [6.07, 6.45) is 5.09. The fourth-order valence-electron chi connectivity index (χ4n) is 1.82. The summed E-state index contributed by atoms with van der Waals surface area (Å²) in [6.45, 7) is 0.547. The first kappa shape index (κ1) is 16.6. The molecule has 6 nitrogen and oxygen atoms in total. The predicted octanol–water partition coefficient (Wildman–Crippen LogP) is 1.92. The van der Waals surface area contributed by atoms with Crippen LogP contribution in [0.4, 0.5) is 5.69 Å². The molecule has 1 aliphatic carbocycles. The Kier molecular flexibility index (Phi) is 5.31. The van der Waals surface area contributed by atoms with E-state index in [1.807, 2.05) is 0 Å². The molecule has 1 N–H and O–H groups in total. The van der Waals surface area contributed by atoms with Crippen LogP contribution in [0.25, 0.3) is 0 Å². The van der Waals surface area contributed by atoms with Crippen LogP contribution in [-0.2, 0) is 19.3 Å². The lowest BCUT2D eigenvalue weighted by Crippen LogP contribution is -2.20. The van der Waals surface area contributed by atoms with Gasteiger partial charge in [0, 0.05) is 22.2 Å². The molecule has 1 saturated carbocycles. The van der Waals surface area contributed by atoms with Crippen LogP contribution in [0.3, 0.4) is 0 Å². The topological polar surface area (TPSA) is 84.8 Å². The van der Waals surface area contributed by atoms with Crippen molar-refractivity contribution in [2.24, 2.45) is 10.3 Å². The van der Waals surface area contributed by atoms with Crippen molar-refractivity contribution in [3.05, 3.63) is 29.8 Å². The molecule has 0 radical (unpaired) electrons. The van der Waals surface area contributed by atoms with Crippen LogP contribution in [0, 0.1) is 5.92 Å². The van der Waals surface area contributed by atoms with Gasteiger partial charge in [-0.2, -0.15) is 4.36 Å². The van der Waals surface area contributed by atoms with Gasteiger partial charge in [0.25, 0.3) is 5.91 Å². The standard InChI is InChI=1S/C15H20N2O4S/c1-22(2,20)17-15(19)12-5-3-4-6-13(12)16-14(18)10-21-9-11-7-8-11/h3-6,11H,7-10H2,1-2H3,(H,16,18). The van der Waals surface area contributed by atoms with Crippen LogP contribution in [0.5, 0.6) is 0 Å². The lowest BCUT2D eigenvalue weighted by atomic mass is 10.1. The van der Waals surface area contributed by atoms with E-state index in [0.717, 1.165) is 12.8 Å². The number of amides is 2. The third-order valence-corrected chi connectivity index (χ3v) is 3.62. The molecule has 0 atom stereocenters. The summed E-state index contributed by atoms with van der Waals surface area (Å²) < 4.78 is 20.6. The molecule has 0 saturated heterocycles. The van der Waals surface area contributed by atoms with E-state index in [9.17, 15) is 13.8 Å². The Labute approximate surface area is 130 Å². The Bertz CT molecular complexity index is 681. The molecule has 0 bridgehead atoms. The monoisotopic (exact) mass is 324 g/mol. The van der Waals surface area contributed by atoms with E-state index >= 15 is 0 Å². The molecule has 0 aromatic heterocycles. The number of carbonyl (C=O) groups is 2. The van der Waals surface area contributed by atoms with Gasteiger partial charge >= 0.3 is 0 Å². The third kappa shape index (κ3) is 5.57. The van der Waals surface area contributed by atoms with Crippen molar-refractivity contribution in [3.8, 4) is 0 Å². The highest BCUT2D eigenvalue weighted by Gasteiger charge is 2.21. The number of ether oxygens (including phenoxy) is 1. The van der Waals surface area contributed by atoms with Gasteiger partial charge in [-0.3, -0.25) is 9.59 Å². The van der Waals surface area contributed by atoms with Gasteiger partial charge in [-0.1, -0.05) is 12.1 Å². The smallest absolute Gasteiger partial charge is 0.287 e. The van der Waals surface area contributed by atoms with Crippen molar-refractivity contribution in [2.75, 3.05) is 31.0 Å². The Balaban J connectivity index is 2.02. The maximum absolute atomic E-state index is 12.0. The summed E-state index contributed by atoms with van der Waals surface area (Å²) in [5.74, 6) is -0.345. The Morgan fingerprint density at radius 3 is 2.64 bits per heavy atom. The number of para-hydroxylation sites is 1. The van der Waals surface area contributed by atoms with Crippen LogP contribution in [-0.4, -0.2) is 41.7 Å². The zero-order valence-electron chi connectivity index (χ0n) is 12.7. The van der Waals surface area contributed by atoms with Crippen LogP contribution in [0.15, 0.2) is 28.6 Å². The molecule has 120 valence electrons. The molecule has 0 aliphatic heterocycles. The Morgan fingerprint density at radius 1 is 1.32 bits per heavy atom. The number of nitrogens with one attached hydrogen (secondary N) is 1. The molecule has 2 amide bonds. The fourth-order valence-corrected chi connectivity index (χ4v) is 2.31. The number of carbonyl (C=O) groups excluding carboxylic acids is 2. The minimum atomic E-state index is -2.55. The van der Waals surface area contributed by atoms with E-state index in [2.05, 4.69) is 9.68 Å². The normalized spacial score (nSPS) is 14.5. The van der Waals surface area contributed by atoms with Gasteiger partial charge in [-0.15, -0.1) is 0 Å². The first-order valence-corrected chi connectivity index (χ1v) is 9.36. The second-order valence-electron chi connectivity index (χ2n) is 5.63. The summed E-state index contributed by atoms with van der Waals surface area (Å²) in [5, 5.41) is 2.63. The first-order chi connectivity index (χ1) is 10.3. The first-order valence-electron chi connectivity index (χ1n) is 7.03. The molecular weight excluding hydrogens is 304 g/mol. The molecule has 0 spiro atoms. The number of hydrogen-bond donors (Lipinski definition) is 1. The molecule has 1 aromatic carbocycles. The van der Waals surface area contributed by atoms with Crippen LogP contribution in [0.2, 0.25) is 0 Å². The summed E-state index contributed by atoms with van der Waals surface area (Å²) in [5.41, 5.74) is 0.564. The summed E-state index contributed by atoms with van der Waals surface area (Å²) in [6, 6.07) is 6.51. The maximum Gasteiger partial charge on any atom is 0.287 e. The lowest BCUT2D eigenvalue weighted by molar-refractivity contribution is -0.120. The highest BCUT2D eigenvalue weighted by atomic mass is 32.2. The average molecular weight is 324 g/mol. The summed E-state index contributed by atoms with van der Waals surface area (Å²) in [7, 11) is -2.55. The van der Waals surface area contributed by atoms with Gasteiger partial charge in [0.15, 0.2) is 0 Å². The molecule has 1 aliphatic rings. The molecule has 0 heterocycles. The van der Waals surface area contributed by atoms with E-state index in [-0.39, 0.29) is 18.1 Å². The third-order valence-electron chi connectivity index (χ3n) is 3.02. The molecule has 0 unspecified atom stereocenters. The van der Waals surface area contributed by atoms with Gasteiger partial charge in [0.05, 0.1) is 17.9 Å². The van der Waals surface area contributed by atoms with E-state index in [1.165, 1.54) is 18.6 Å². The number of anilines is 1. The molecule has 1 fully saturated rings. The highest BCUT2D eigenvalue weighted by molar-refractivity contribution is 7.92. The van der Waals surface area contributed by atoms with Gasteiger partial charge in [0.2, 0.25) is 5.91 Å².